The van der Waals surface area contributed by atoms with E-state index in [4.69, 9.17) is 4.74 Å². The molecular weight excluding hydrogens is 352 g/mol. The minimum atomic E-state index is 0.170. The maximum absolute atomic E-state index is 12.7. The average molecular weight is 385 g/mol. The van der Waals surface area contributed by atoms with Crippen molar-refractivity contribution in [3.8, 4) is 0 Å². The molecule has 3 saturated heterocycles. The molecule has 0 unspecified atom stereocenters. The molecule has 1 aromatic carbocycles. The van der Waals surface area contributed by atoms with E-state index >= 15 is 0 Å². The van der Waals surface area contributed by atoms with E-state index in [1.807, 2.05) is 17.0 Å². The molecule has 3 aliphatic heterocycles. The summed E-state index contributed by atoms with van der Waals surface area (Å²) in [5, 5.41) is 0. The van der Waals surface area contributed by atoms with Crippen LogP contribution < -0.4 is 0 Å². The predicted octanol–water partition coefficient (Wildman–Crippen LogP) is 3.13. The SMILES string of the molecule is O=C(c1ccc(CC2CCN(C(=O)C3CCOCC3)CC2)cc1)N1CCCC1. The molecule has 0 aromatic heterocycles. The van der Waals surface area contributed by atoms with Crippen molar-refractivity contribution in [1.82, 2.24) is 9.80 Å². The highest BCUT2D eigenvalue weighted by atomic mass is 16.5. The van der Waals surface area contributed by atoms with Crippen molar-refractivity contribution in [2.45, 2.75) is 44.9 Å². The van der Waals surface area contributed by atoms with E-state index in [2.05, 4.69) is 17.0 Å². The van der Waals surface area contributed by atoms with Crippen LogP contribution in [0, 0.1) is 11.8 Å². The van der Waals surface area contributed by atoms with Gasteiger partial charge in [0.25, 0.3) is 5.91 Å². The Kier molecular flexibility index (Phi) is 6.30. The number of nitrogens with zero attached hydrogens (tertiary/aromatic N) is 2. The second-order valence-electron chi connectivity index (χ2n) is 8.56. The predicted molar refractivity (Wildman–Crippen MR) is 108 cm³/mol. The Bertz CT molecular complexity index is 668. The van der Waals surface area contributed by atoms with Gasteiger partial charge in [-0.25, -0.2) is 0 Å². The zero-order valence-electron chi connectivity index (χ0n) is 16.8. The van der Waals surface area contributed by atoms with Crippen molar-refractivity contribution in [3.63, 3.8) is 0 Å². The highest BCUT2D eigenvalue weighted by Gasteiger charge is 2.29. The Morgan fingerprint density at radius 2 is 1.50 bits per heavy atom. The molecular formula is C23H32N2O3. The first kappa shape index (κ1) is 19.4. The third-order valence-electron chi connectivity index (χ3n) is 6.62. The number of benzene rings is 1. The van der Waals surface area contributed by atoms with E-state index in [0.717, 1.165) is 89.9 Å². The minimum Gasteiger partial charge on any atom is -0.381 e. The molecule has 0 saturated carbocycles. The summed E-state index contributed by atoms with van der Waals surface area (Å²) in [6, 6.07) is 8.20. The summed E-state index contributed by atoms with van der Waals surface area (Å²) >= 11 is 0. The van der Waals surface area contributed by atoms with Crippen molar-refractivity contribution in [1.29, 1.82) is 0 Å². The lowest BCUT2D eigenvalue weighted by Crippen LogP contribution is -2.43. The molecule has 3 heterocycles. The Balaban J connectivity index is 1.25. The highest BCUT2D eigenvalue weighted by molar-refractivity contribution is 5.94. The Hall–Kier alpha value is -1.88. The minimum absolute atomic E-state index is 0.170. The summed E-state index contributed by atoms with van der Waals surface area (Å²) in [7, 11) is 0. The van der Waals surface area contributed by atoms with Crippen molar-refractivity contribution >= 4 is 11.8 Å². The molecule has 2 amide bonds. The lowest BCUT2D eigenvalue weighted by molar-refractivity contribution is -0.139. The summed E-state index contributed by atoms with van der Waals surface area (Å²) in [5.74, 6) is 1.31. The van der Waals surface area contributed by atoms with E-state index in [9.17, 15) is 9.59 Å². The standard InChI is InChI=1S/C23H32N2O3/c26-22(24-11-1-2-12-24)20-5-3-18(4-6-20)17-19-7-13-25(14-8-19)23(27)21-9-15-28-16-10-21/h3-6,19,21H,1-2,7-17H2. The first-order chi connectivity index (χ1) is 13.7. The number of piperidine rings is 1. The zero-order valence-corrected chi connectivity index (χ0v) is 16.8. The number of carbonyl (C=O) groups excluding carboxylic acids is 2. The Morgan fingerprint density at radius 1 is 0.857 bits per heavy atom. The first-order valence-corrected chi connectivity index (χ1v) is 11.0. The molecule has 0 radical (unpaired) electrons. The number of rotatable bonds is 4. The van der Waals surface area contributed by atoms with Gasteiger partial charge in [-0.1, -0.05) is 12.1 Å². The number of amides is 2. The number of carbonyl (C=O) groups is 2. The third-order valence-corrected chi connectivity index (χ3v) is 6.62. The van der Waals surface area contributed by atoms with Crippen LogP contribution in [0.2, 0.25) is 0 Å². The van der Waals surface area contributed by atoms with E-state index in [-0.39, 0.29) is 11.8 Å². The lowest BCUT2D eigenvalue weighted by Gasteiger charge is -2.35. The van der Waals surface area contributed by atoms with Gasteiger partial charge in [0.2, 0.25) is 5.91 Å². The molecule has 0 bridgehead atoms. The van der Waals surface area contributed by atoms with Crippen LogP contribution in [0.25, 0.3) is 0 Å². The maximum Gasteiger partial charge on any atom is 0.253 e. The van der Waals surface area contributed by atoms with Crippen molar-refractivity contribution in [2.75, 3.05) is 39.4 Å². The quantitative estimate of drug-likeness (QED) is 0.801. The van der Waals surface area contributed by atoms with Crippen LogP contribution in [0.4, 0.5) is 0 Å². The van der Waals surface area contributed by atoms with Gasteiger partial charge >= 0.3 is 0 Å². The van der Waals surface area contributed by atoms with Crippen molar-refractivity contribution in [3.05, 3.63) is 35.4 Å². The van der Waals surface area contributed by atoms with Crippen molar-refractivity contribution in [2.24, 2.45) is 11.8 Å². The summed E-state index contributed by atoms with van der Waals surface area (Å²) in [6.45, 7) is 5.00. The fourth-order valence-electron chi connectivity index (χ4n) is 4.78. The molecule has 0 aliphatic carbocycles. The second-order valence-corrected chi connectivity index (χ2v) is 8.56. The van der Waals surface area contributed by atoms with Crippen LogP contribution in [0.1, 0.15) is 54.4 Å². The second kappa shape index (κ2) is 9.08. The van der Waals surface area contributed by atoms with Gasteiger partial charge in [-0.05, 0) is 68.6 Å². The van der Waals surface area contributed by atoms with Crippen molar-refractivity contribution < 1.29 is 14.3 Å². The number of hydrogen-bond donors (Lipinski definition) is 0. The molecule has 3 fully saturated rings. The largest absolute Gasteiger partial charge is 0.381 e. The number of hydrogen-bond acceptors (Lipinski definition) is 3. The normalized spacial score (nSPS) is 21.9. The summed E-state index contributed by atoms with van der Waals surface area (Å²) < 4.78 is 5.38. The molecule has 1 aromatic rings. The molecule has 5 nitrogen and oxygen atoms in total. The van der Waals surface area contributed by atoms with Gasteiger partial charge in [0.1, 0.15) is 0 Å². The summed E-state index contributed by atoms with van der Waals surface area (Å²) in [6.07, 6.45) is 7.19. The summed E-state index contributed by atoms with van der Waals surface area (Å²) in [4.78, 5) is 29.2. The van der Waals surface area contributed by atoms with E-state index in [1.165, 1.54) is 5.56 Å². The van der Waals surface area contributed by atoms with Crippen LogP contribution in [-0.4, -0.2) is 61.0 Å². The topological polar surface area (TPSA) is 49.9 Å². The van der Waals surface area contributed by atoms with E-state index in [0.29, 0.717) is 11.8 Å². The maximum atomic E-state index is 12.7. The van der Waals surface area contributed by atoms with Gasteiger partial charge in [-0.2, -0.15) is 0 Å². The smallest absolute Gasteiger partial charge is 0.253 e. The molecule has 0 spiro atoms. The first-order valence-electron chi connectivity index (χ1n) is 11.0. The Morgan fingerprint density at radius 3 is 2.14 bits per heavy atom. The van der Waals surface area contributed by atoms with E-state index < -0.39 is 0 Å². The van der Waals surface area contributed by atoms with Gasteiger partial charge in [-0.15, -0.1) is 0 Å². The highest BCUT2D eigenvalue weighted by Crippen LogP contribution is 2.25. The molecule has 5 heteroatoms. The molecule has 0 atom stereocenters. The lowest BCUT2D eigenvalue weighted by atomic mass is 9.89. The van der Waals surface area contributed by atoms with Crippen LogP contribution in [0.5, 0.6) is 0 Å². The van der Waals surface area contributed by atoms with Crippen LogP contribution >= 0.6 is 0 Å². The average Bonchev–Trinajstić information content (AvgIpc) is 3.29. The van der Waals surface area contributed by atoms with Gasteiger partial charge < -0.3 is 14.5 Å². The van der Waals surface area contributed by atoms with E-state index in [1.54, 1.807) is 0 Å². The monoisotopic (exact) mass is 384 g/mol. The molecule has 3 aliphatic rings. The van der Waals surface area contributed by atoms with Gasteiger partial charge in [0.05, 0.1) is 0 Å². The fraction of sp³-hybridized carbons (Fsp3) is 0.652. The fourth-order valence-corrected chi connectivity index (χ4v) is 4.78. The van der Waals surface area contributed by atoms with Gasteiger partial charge in [0, 0.05) is 50.9 Å². The van der Waals surface area contributed by atoms with Crippen LogP contribution in [0.3, 0.4) is 0 Å². The van der Waals surface area contributed by atoms with Gasteiger partial charge in [-0.3, -0.25) is 9.59 Å². The molecule has 28 heavy (non-hydrogen) atoms. The summed E-state index contributed by atoms with van der Waals surface area (Å²) in [5.41, 5.74) is 2.11. The molecule has 152 valence electrons. The molecule has 4 rings (SSSR count). The third kappa shape index (κ3) is 4.57. The molecule has 0 N–H and O–H groups in total. The van der Waals surface area contributed by atoms with Crippen LogP contribution in [0.15, 0.2) is 24.3 Å². The van der Waals surface area contributed by atoms with Gasteiger partial charge in [0.15, 0.2) is 0 Å². The van der Waals surface area contributed by atoms with Crippen LogP contribution in [-0.2, 0) is 16.0 Å². The number of likely N-dealkylation sites (tertiary alicyclic amines) is 2. The zero-order chi connectivity index (χ0) is 19.3. The number of ether oxygens (including phenoxy) is 1. The Labute approximate surface area is 168 Å².